The molecule has 0 amide bonds. The van der Waals surface area contributed by atoms with E-state index in [0.717, 1.165) is 13.0 Å². The number of halogens is 2. The number of hydrogen-bond acceptors (Lipinski definition) is 3. The minimum Gasteiger partial charge on any atom is -0.379 e. The molecule has 0 aromatic carbocycles. The Morgan fingerprint density at radius 3 is 2.47 bits per heavy atom. The molecule has 0 heterocycles. The predicted octanol–water partition coefficient (Wildman–Crippen LogP) is 1.67. The number of nitrogens with one attached hydrogen (secondary N) is 1. The van der Waals surface area contributed by atoms with Gasteiger partial charge in [0.2, 0.25) is 0 Å². The fraction of sp³-hybridized carbons (Fsp3) is 1.00. The average Bonchev–Trinajstić information content (AvgIpc) is 2.16. The molecule has 0 unspecified atom stereocenters. The number of alkyl halides is 2. The van der Waals surface area contributed by atoms with Gasteiger partial charge in [-0.1, -0.05) is 0 Å². The van der Waals surface area contributed by atoms with Crippen molar-refractivity contribution >= 4 is 0 Å². The van der Waals surface area contributed by atoms with Crippen LogP contribution in [0.3, 0.4) is 0 Å². The van der Waals surface area contributed by atoms with Crippen molar-refractivity contribution in [2.75, 3.05) is 33.4 Å². The zero-order chi connectivity index (χ0) is 11.7. The molecule has 0 rings (SSSR count). The van der Waals surface area contributed by atoms with E-state index in [9.17, 15) is 8.78 Å². The second-order valence-corrected chi connectivity index (χ2v) is 3.93. The number of methoxy groups -OCH3 is 1. The van der Waals surface area contributed by atoms with Crippen molar-refractivity contribution in [1.82, 2.24) is 5.32 Å². The van der Waals surface area contributed by atoms with Gasteiger partial charge in [0.15, 0.2) is 0 Å². The largest absolute Gasteiger partial charge is 0.379 e. The smallest absolute Gasteiger partial charge is 0.261 e. The second kappa shape index (κ2) is 7.96. The minimum atomic E-state index is -2.38. The van der Waals surface area contributed by atoms with Gasteiger partial charge in [-0.15, -0.1) is 0 Å². The molecule has 92 valence electrons. The standard InChI is InChI=1S/C10H21F2NO2/c1-10(2,14-3)4-5-13-6-7-15-8-9(11)12/h9,13H,4-8H2,1-3H3. The van der Waals surface area contributed by atoms with Crippen molar-refractivity contribution in [3.63, 3.8) is 0 Å². The Kier molecular flexibility index (Phi) is 7.82. The first-order chi connectivity index (χ1) is 6.98. The van der Waals surface area contributed by atoms with Crippen LogP contribution in [-0.4, -0.2) is 45.4 Å². The highest BCUT2D eigenvalue weighted by atomic mass is 19.3. The molecule has 0 spiro atoms. The molecule has 0 aliphatic rings. The van der Waals surface area contributed by atoms with Crippen LogP contribution in [0.25, 0.3) is 0 Å². The van der Waals surface area contributed by atoms with Crippen molar-refractivity contribution < 1.29 is 18.3 Å². The van der Waals surface area contributed by atoms with Crippen LogP contribution < -0.4 is 5.32 Å². The minimum absolute atomic E-state index is 0.142. The maximum Gasteiger partial charge on any atom is 0.261 e. The van der Waals surface area contributed by atoms with Gasteiger partial charge in [0.05, 0.1) is 12.2 Å². The first-order valence-corrected chi connectivity index (χ1v) is 5.10. The summed E-state index contributed by atoms with van der Waals surface area (Å²) in [6.07, 6.45) is -1.50. The van der Waals surface area contributed by atoms with Crippen molar-refractivity contribution in [3.05, 3.63) is 0 Å². The fourth-order valence-corrected chi connectivity index (χ4v) is 0.933. The van der Waals surface area contributed by atoms with E-state index >= 15 is 0 Å². The van der Waals surface area contributed by atoms with Gasteiger partial charge in [-0.3, -0.25) is 0 Å². The molecule has 0 aromatic rings. The maximum atomic E-state index is 11.7. The molecule has 0 aromatic heterocycles. The highest BCUT2D eigenvalue weighted by molar-refractivity contribution is 4.68. The van der Waals surface area contributed by atoms with Gasteiger partial charge in [-0.05, 0) is 26.8 Å². The van der Waals surface area contributed by atoms with E-state index < -0.39 is 13.0 Å². The van der Waals surface area contributed by atoms with Crippen LogP contribution in [-0.2, 0) is 9.47 Å². The molecule has 0 atom stereocenters. The Morgan fingerprint density at radius 1 is 1.27 bits per heavy atom. The molecular weight excluding hydrogens is 204 g/mol. The summed E-state index contributed by atoms with van der Waals surface area (Å²) in [7, 11) is 1.67. The molecule has 0 aliphatic carbocycles. The van der Waals surface area contributed by atoms with Crippen molar-refractivity contribution in [2.24, 2.45) is 0 Å². The first-order valence-electron chi connectivity index (χ1n) is 5.10. The van der Waals surface area contributed by atoms with Gasteiger partial charge in [0.1, 0.15) is 6.61 Å². The van der Waals surface area contributed by atoms with Crippen LogP contribution >= 0.6 is 0 Å². The maximum absolute atomic E-state index is 11.7. The van der Waals surface area contributed by atoms with Gasteiger partial charge in [0, 0.05) is 13.7 Å². The third kappa shape index (κ3) is 10.0. The fourth-order valence-electron chi connectivity index (χ4n) is 0.933. The van der Waals surface area contributed by atoms with Gasteiger partial charge in [0.25, 0.3) is 6.43 Å². The van der Waals surface area contributed by atoms with E-state index in [2.05, 4.69) is 5.32 Å². The molecule has 5 heteroatoms. The lowest BCUT2D eigenvalue weighted by Gasteiger charge is -2.22. The normalized spacial score (nSPS) is 12.4. The Labute approximate surface area is 90.1 Å². The molecule has 0 bridgehead atoms. The number of rotatable bonds is 9. The lowest BCUT2D eigenvalue weighted by molar-refractivity contribution is 0.0115. The van der Waals surface area contributed by atoms with Crippen LogP contribution in [0.15, 0.2) is 0 Å². The van der Waals surface area contributed by atoms with E-state index in [0.29, 0.717) is 13.2 Å². The zero-order valence-corrected chi connectivity index (χ0v) is 9.69. The van der Waals surface area contributed by atoms with Crippen LogP contribution in [0.4, 0.5) is 8.78 Å². The summed E-state index contributed by atoms with van der Waals surface area (Å²) >= 11 is 0. The second-order valence-electron chi connectivity index (χ2n) is 3.93. The third-order valence-electron chi connectivity index (χ3n) is 2.12. The quantitative estimate of drug-likeness (QED) is 0.605. The van der Waals surface area contributed by atoms with Gasteiger partial charge in [-0.25, -0.2) is 8.78 Å². The highest BCUT2D eigenvalue weighted by Crippen LogP contribution is 2.10. The summed E-state index contributed by atoms with van der Waals surface area (Å²) in [5.74, 6) is 0. The monoisotopic (exact) mass is 225 g/mol. The lowest BCUT2D eigenvalue weighted by Crippen LogP contribution is -2.30. The SMILES string of the molecule is COC(C)(C)CCNCCOCC(F)F. The van der Waals surface area contributed by atoms with Gasteiger partial charge in [-0.2, -0.15) is 0 Å². The van der Waals surface area contributed by atoms with Crippen molar-refractivity contribution in [1.29, 1.82) is 0 Å². The Hall–Kier alpha value is -0.260. The lowest BCUT2D eigenvalue weighted by atomic mass is 10.1. The average molecular weight is 225 g/mol. The highest BCUT2D eigenvalue weighted by Gasteiger charge is 2.14. The van der Waals surface area contributed by atoms with Crippen LogP contribution in [0.5, 0.6) is 0 Å². The van der Waals surface area contributed by atoms with E-state index in [1.54, 1.807) is 7.11 Å². The molecule has 15 heavy (non-hydrogen) atoms. The molecule has 0 aliphatic heterocycles. The van der Waals surface area contributed by atoms with E-state index in [1.165, 1.54) is 0 Å². The van der Waals surface area contributed by atoms with E-state index in [1.807, 2.05) is 13.8 Å². The molecule has 1 N–H and O–H groups in total. The molecular formula is C10H21F2NO2. The van der Waals surface area contributed by atoms with Crippen molar-refractivity contribution in [2.45, 2.75) is 32.3 Å². The zero-order valence-electron chi connectivity index (χ0n) is 9.69. The van der Waals surface area contributed by atoms with Crippen LogP contribution in [0, 0.1) is 0 Å². The molecule has 0 fully saturated rings. The van der Waals surface area contributed by atoms with E-state index in [4.69, 9.17) is 9.47 Å². The summed E-state index contributed by atoms with van der Waals surface area (Å²) in [5, 5.41) is 3.10. The molecule has 3 nitrogen and oxygen atoms in total. The molecule has 0 saturated carbocycles. The van der Waals surface area contributed by atoms with E-state index in [-0.39, 0.29) is 5.60 Å². The number of ether oxygens (including phenoxy) is 2. The molecule has 0 saturated heterocycles. The summed E-state index contributed by atoms with van der Waals surface area (Å²) in [6.45, 7) is 5.22. The molecule has 0 radical (unpaired) electrons. The Bertz CT molecular complexity index is 154. The summed E-state index contributed by atoms with van der Waals surface area (Å²) < 4.78 is 33.2. The van der Waals surface area contributed by atoms with Crippen molar-refractivity contribution in [3.8, 4) is 0 Å². The summed E-state index contributed by atoms with van der Waals surface area (Å²) in [5.41, 5.74) is -0.142. The Morgan fingerprint density at radius 2 is 1.93 bits per heavy atom. The Balaban J connectivity index is 3.18. The van der Waals surface area contributed by atoms with Crippen LogP contribution in [0.1, 0.15) is 20.3 Å². The number of hydrogen-bond donors (Lipinski definition) is 1. The third-order valence-corrected chi connectivity index (χ3v) is 2.12. The summed E-state index contributed by atoms with van der Waals surface area (Å²) in [4.78, 5) is 0. The predicted molar refractivity (Wildman–Crippen MR) is 55.4 cm³/mol. The van der Waals surface area contributed by atoms with Gasteiger partial charge < -0.3 is 14.8 Å². The van der Waals surface area contributed by atoms with Crippen LogP contribution in [0.2, 0.25) is 0 Å². The first kappa shape index (κ1) is 14.7. The topological polar surface area (TPSA) is 30.5 Å². The van der Waals surface area contributed by atoms with Gasteiger partial charge >= 0.3 is 0 Å². The summed E-state index contributed by atoms with van der Waals surface area (Å²) in [6, 6.07) is 0.